The summed E-state index contributed by atoms with van der Waals surface area (Å²) < 4.78 is 10.7. The van der Waals surface area contributed by atoms with E-state index in [-0.39, 0.29) is 19.0 Å². The Morgan fingerprint density at radius 1 is 0.906 bits per heavy atom. The van der Waals surface area contributed by atoms with Gasteiger partial charge in [0.05, 0.1) is 18.8 Å². The van der Waals surface area contributed by atoms with E-state index < -0.39 is 23.8 Å². The topological polar surface area (TPSA) is 81.7 Å². The van der Waals surface area contributed by atoms with Crippen molar-refractivity contribution in [2.45, 2.75) is 26.7 Å². The zero-order valence-electron chi connectivity index (χ0n) is 18.5. The monoisotopic (exact) mass is 433 g/mol. The van der Waals surface area contributed by atoms with Crippen molar-refractivity contribution in [2.75, 3.05) is 13.2 Å². The van der Waals surface area contributed by atoms with Crippen LogP contribution in [0.4, 0.5) is 0 Å². The molecular weight excluding hydrogens is 406 g/mol. The van der Waals surface area contributed by atoms with Crippen molar-refractivity contribution < 1.29 is 23.9 Å². The van der Waals surface area contributed by atoms with Gasteiger partial charge in [-0.1, -0.05) is 60.7 Å². The minimum Gasteiger partial charge on any atom is -0.465 e. The van der Waals surface area contributed by atoms with E-state index >= 15 is 0 Å². The fraction of sp³-hybridized carbons (Fsp3) is 0.269. The maximum absolute atomic E-state index is 13.2. The first-order valence-electron chi connectivity index (χ1n) is 10.6. The molecular formula is C26H27NO5. The third kappa shape index (κ3) is 4.97. The van der Waals surface area contributed by atoms with Gasteiger partial charge in [0.1, 0.15) is 5.92 Å². The lowest BCUT2D eigenvalue weighted by atomic mass is 9.75. The summed E-state index contributed by atoms with van der Waals surface area (Å²) in [6.45, 7) is 5.57. The van der Waals surface area contributed by atoms with Crippen molar-refractivity contribution in [1.29, 1.82) is 0 Å². The molecule has 3 rings (SSSR count). The van der Waals surface area contributed by atoms with Crippen LogP contribution in [0.3, 0.4) is 0 Å². The summed E-state index contributed by atoms with van der Waals surface area (Å²) in [5, 5.41) is 3.11. The first kappa shape index (κ1) is 23.0. The molecule has 0 bridgehead atoms. The summed E-state index contributed by atoms with van der Waals surface area (Å²) in [6, 6.07) is 18.1. The molecule has 0 aromatic heterocycles. The van der Waals surface area contributed by atoms with Crippen molar-refractivity contribution >= 4 is 17.7 Å². The molecule has 166 valence electrons. The second kappa shape index (κ2) is 10.6. The Balaban J connectivity index is 2.18. The van der Waals surface area contributed by atoms with Crippen LogP contribution in [-0.2, 0) is 19.1 Å². The molecule has 0 unspecified atom stereocenters. The second-order valence-corrected chi connectivity index (χ2v) is 7.33. The number of ketones is 1. The van der Waals surface area contributed by atoms with E-state index in [0.717, 1.165) is 5.56 Å². The van der Waals surface area contributed by atoms with Crippen molar-refractivity contribution in [3.63, 3.8) is 0 Å². The highest BCUT2D eigenvalue weighted by Crippen LogP contribution is 2.42. The fourth-order valence-corrected chi connectivity index (χ4v) is 3.90. The van der Waals surface area contributed by atoms with E-state index in [1.165, 1.54) is 6.08 Å². The van der Waals surface area contributed by atoms with Gasteiger partial charge in [0.15, 0.2) is 5.78 Å². The van der Waals surface area contributed by atoms with Crippen molar-refractivity contribution in [1.82, 2.24) is 5.32 Å². The van der Waals surface area contributed by atoms with Crippen LogP contribution in [-0.4, -0.2) is 30.9 Å². The quantitative estimate of drug-likeness (QED) is 0.401. The lowest BCUT2D eigenvalue weighted by Crippen LogP contribution is -2.40. The van der Waals surface area contributed by atoms with Gasteiger partial charge in [0.2, 0.25) is 0 Å². The van der Waals surface area contributed by atoms with Crippen LogP contribution in [0, 0.1) is 5.92 Å². The number of esters is 2. The van der Waals surface area contributed by atoms with Crippen LogP contribution >= 0.6 is 0 Å². The number of hydrogen-bond donors (Lipinski definition) is 1. The van der Waals surface area contributed by atoms with Crippen LogP contribution in [0.2, 0.25) is 0 Å². The van der Waals surface area contributed by atoms with Gasteiger partial charge in [-0.2, -0.15) is 0 Å². The van der Waals surface area contributed by atoms with Gasteiger partial charge in [0.25, 0.3) is 0 Å². The molecule has 1 aliphatic rings. The predicted octanol–water partition coefficient (Wildman–Crippen LogP) is 4.16. The summed E-state index contributed by atoms with van der Waals surface area (Å²) >= 11 is 0. The molecule has 0 saturated carbocycles. The van der Waals surface area contributed by atoms with Crippen LogP contribution in [0.15, 0.2) is 83.7 Å². The largest absolute Gasteiger partial charge is 0.465 e. The predicted molar refractivity (Wildman–Crippen MR) is 121 cm³/mol. The molecule has 0 saturated heterocycles. The number of benzene rings is 2. The molecule has 2 aromatic rings. The molecule has 32 heavy (non-hydrogen) atoms. The van der Waals surface area contributed by atoms with Gasteiger partial charge in [0, 0.05) is 29.0 Å². The number of rotatable bonds is 7. The number of carbonyl (C=O) groups is 3. The van der Waals surface area contributed by atoms with E-state index in [2.05, 4.69) is 5.32 Å². The minimum atomic E-state index is -0.909. The molecule has 0 spiro atoms. The molecule has 0 radical (unpaired) electrons. The molecule has 0 amide bonds. The molecule has 6 heteroatoms. The van der Waals surface area contributed by atoms with E-state index in [9.17, 15) is 14.4 Å². The minimum absolute atomic E-state index is 0.175. The van der Waals surface area contributed by atoms with Gasteiger partial charge in [-0.25, -0.2) is 4.79 Å². The maximum atomic E-state index is 13.2. The highest BCUT2D eigenvalue weighted by molar-refractivity contribution is 6.05. The van der Waals surface area contributed by atoms with Crippen LogP contribution in [0.5, 0.6) is 0 Å². The van der Waals surface area contributed by atoms with E-state index in [1.807, 2.05) is 36.4 Å². The molecule has 1 aliphatic heterocycles. The average Bonchev–Trinajstić information content (AvgIpc) is 2.80. The third-order valence-electron chi connectivity index (χ3n) is 5.25. The third-order valence-corrected chi connectivity index (χ3v) is 5.25. The first-order valence-corrected chi connectivity index (χ1v) is 10.6. The van der Waals surface area contributed by atoms with Gasteiger partial charge >= 0.3 is 11.9 Å². The summed E-state index contributed by atoms with van der Waals surface area (Å²) in [5.74, 6) is -2.84. The normalized spacial score (nSPS) is 19.3. The van der Waals surface area contributed by atoms with Crippen LogP contribution in [0.25, 0.3) is 0 Å². The van der Waals surface area contributed by atoms with E-state index in [4.69, 9.17) is 9.47 Å². The van der Waals surface area contributed by atoms with Crippen molar-refractivity contribution in [2.24, 2.45) is 5.92 Å². The molecule has 2 aromatic carbocycles. The molecule has 6 nitrogen and oxygen atoms in total. The SMILES string of the molecule is CCOC(=O)C1=C(C)NC(=CC(=O)c2ccccc2)[C@@H](C(=O)OCC)[C@@H]1c1ccccc1. The van der Waals surface area contributed by atoms with Crippen LogP contribution < -0.4 is 5.32 Å². The molecule has 0 aliphatic carbocycles. The Labute approximate surface area is 187 Å². The number of ether oxygens (including phenoxy) is 2. The smallest absolute Gasteiger partial charge is 0.336 e. The molecule has 2 atom stereocenters. The van der Waals surface area contributed by atoms with Gasteiger partial charge in [-0.3, -0.25) is 9.59 Å². The van der Waals surface area contributed by atoms with Crippen molar-refractivity contribution in [3.8, 4) is 0 Å². The number of hydrogen-bond acceptors (Lipinski definition) is 6. The van der Waals surface area contributed by atoms with Gasteiger partial charge < -0.3 is 14.8 Å². The Kier molecular flexibility index (Phi) is 7.60. The lowest BCUT2D eigenvalue weighted by molar-refractivity contribution is -0.147. The Bertz CT molecular complexity index is 1040. The number of allylic oxidation sites excluding steroid dienone is 2. The summed E-state index contributed by atoms with van der Waals surface area (Å²) in [6.07, 6.45) is 1.41. The standard InChI is InChI=1S/C26H27NO5/c1-4-31-25(29)22-17(3)27-20(16-21(28)18-12-8-6-9-13-18)24(26(30)32-5-2)23(22)19-14-10-7-11-15-19/h6-16,23-24,27H,4-5H2,1-3H3/t23-,24-/m1/s1. The summed E-state index contributed by atoms with van der Waals surface area (Å²) in [5.41, 5.74) is 2.52. The Morgan fingerprint density at radius 3 is 2.09 bits per heavy atom. The highest BCUT2D eigenvalue weighted by atomic mass is 16.5. The lowest BCUT2D eigenvalue weighted by Gasteiger charge is -2.35. The summed E-state index contributed by atoms with van der Waals surface area (Å²) in [7, 11) is 0. The zero-order valence-corrected chi connectivity index (χ0v) is 18.5. The highest BCUT2D eigenvalue weighted by Gasteiger charge is 2.43. The molecule has 1 heterocycles. The number of carbonyl (C=O) groups excluding carboxylic acids is 3. The second-order valence-electron chi connectivity index (χ2n) is 7.33. The van der Waals surface area contributed by atoms with E-state index in [0.29, 0.717) is 22.5 Å². The van der Waals surface area contributed by atoms with E-state index in [1.54, 1.807) is 45.0 Å². The Hall–Kier alpha value is -3.67. The fourth-order valence-electron chi connectivity index (χ4n) is 3.90. The molecule has 1 N–H and O–H groups in total. The molecule has 0 fully saturated rings. The van der Waals surface area contributed by atoms with Crippen molar-refractivity contribution in [3.05, 3.63) is 94.8 Å². The first-order chi connectivity index (χ1) is 15.5. The van der Waals surface area contributed by atoms with Gasteiger partial charge in [-0.05, 0) is 26.3 Å². The van der Waals surface area contributed by atoms with Gasteiger partial charge in [-0.15, -0.1) is 0 Å². The maximum Gasteiger partial charge on any atom is 0.336 e. The van der Waals surface area contributed by atoms with Crippen LogP contribution in [0.1, 0.15) is 42.6 Å². The Morgan fingerprint density at radius 2 is 1.50 bits per heavy atom. The average molecular weight is 434 g/mol. The summed E-state index contributed by atoms with van der Waals surface area (Å²) in [4.78, 5) is 39.0. The zero-order chi connectivity index (χ0) is 23.1. The number of nitrogens with one attached hydrogen (secondary N) is 1.